The van der Waals surface area contributed by atoms with E-state index in [1.807, 2.05) is 0 Å². The van der Waals surface area contributed by atoms with E-state index >= 15 is 4.39 Å². The Morgan fingerprint density at radius 1 is 1.22 bits per heavy atom. The Labute approximate surface area is 217 Å². The minimum atomic E-state index is -0.645. The Bertz CT molecular complexity index is 1440. The van der Waals surface area contributed by atoms with Gasteiger partial charge in [0.05, 0.1) is 18.2 Å². The molecule has 2 aromatic carbocycles. The van der Waals surface area contributed by atoms with Gasteiger partial charge in [0, 0.05) is 37.2 Å². The molecule has 1 aliphatic heterocycles. The molecule has 1 fully saturated rings. The molecule has 0 radical (unpaired) electrons. The number of carbonyl (C=O) groups excluding carboxylic acids is 1. The first-order valence-electron chi connectivity index (χ1n) is 12.2. The van der Waals surface area contributed by atoms with Crippen molar-refractivity contribution < 1.29 is 18.3 Å². The van der Waals surface area contributed by atoms with Crippen LogP contribution in [0.4, 0.5) is 14.6 Å². The second kappa shape index (κ2) is 11.0. The molecule has 37 heavy (non-hydrogen) atoms. The van der Waals surface area contributed by atoms with Gasteiger partial charge in [-0.05, 0) is 67.6 Å². The Morgan fingerprint density at radius 2 is 2.08 bits per heavy atom. The van der Waals surface area contributed by atoms with Crippen molar-refractivity contribution in [3.05, 3.63) is 70.4 Å². The maximum Gasteiger partial charge on any atom is 0.262 e. The monoisotopic (exact) mass is 523 g/mol. The van der Waals surface area contributed by atoms with E-state index in [9.17, 15) is 9.18 Å². The first-order chi connectivity index (χ1) is 18.0. The van der Waals surface area contributed by atoms with Crippen molar-refractivity contribution in [2.75, 3.05) is 31.7 Å². The highest BCUT2D eigenvalue weighted by Crippen LogP contribution is 2.33. The topological polar surface area (TPSA) is 80.2 Å². The zero-order valence-electron chi connectivity index (χ0n) is 20.6. The Hall–Kier alpha value is -3.34. The number of aromatic nitrogens is 3. The molecule has 0 unspecified atom stereocenters. The van der Waals surface area contributed by atoms with Crippen LogP contribution < -0.4 is 10.2 Å². The first kappa shape index (κ1) is 25.3. The van der Waals surface area contributed by atoms with Gasteiger partial charge in [-0.1, -0.05) is 17.4 Å². The Kier molecular flexibility index (Phi) is 7.50. The van der Waals surface area contributed by atoms with E-state index in [-0.39, 0.29) is 17.4 Å². The third kappa shape index (κ3) is 5.22. The minimum Gasteiger partial charge on any atom is -0.384 e. The zero-order valence-corrected chi connectivity index (χ0v) is 21.4. The number of fused-ring (bicyclic) bond motifs is 1. The number of nitrogens with one attached hydrogen (secondary N) is 1. The summed E-state index contributed by atoms with van der Waals surface area (Å²) in [5, 5.41) is 14.3. The van der Waals surface area contributed by atoms with Crippen LogP contribution in [-0.4, -0.2) is 53.9 Å². The molecule has 5 rings (SSSR count). The highest BCUT2D eigenvalue weighted by Gasteiger charge is 2.32. The maximum atomic E-state index is 15.5. The number of nitrogens with zero attached hydrogens (tertiary/aromatic N) is 4. The summed E-state index contributed by atoms with van der Waals surface area (Å²) < 4.78 is 34.7. The third-order valence-electron chi connectivity index (χ3n) is 6.52. The van der Waals surface area contributed by atoms with Gasteiger partial charge in [0.25, 0.3) is 5.91 Å². The summed E-state index contributed by atoms with van der Waals surface area (Å²) in [5.41, 5.74) is 1.16. The molecule has 1 aliphatic rings. The lowest BCUT2D eigenvalue weighted by Crippen LogP contribution is -2.49. The van der Waals surface area contributed by atoms with E-state index in [1.54, 1.807) is 37.3 Å². The quantitative estimate of drug-likeness (QED) is 0.370. The number of methoxy groups -OCH3 is 1. The number of carbonyl (C=O) groups is 1. The molecule has 7 nitrogen and oxygen atoms in total. The average Bonchev–Trinajstić information content (AvgIpc) is 3.37. The molecule has 1 amide bonds. The lowest BCUT2D eigenvalue weighted by atomic mass is 10.0. The number of amides is 1. The molecule has 0 aliphatic carbocycles. The van der Waals surface area contributed by atoms with Gasteiger partial charge in [-0.2, -0.15) is 0 Å². The van der Waals surface area contributed by atoms with Crippen LogP contribution in [0.15, 0.2) is 42.6 Å². The summed E-state index contributed by atoms with van der Waals surface area (Å²) in [5.74, 6) is -1.08. The van der Waals surface area contributed by atoms with Gasteiger partial charge >= 0.3 is 0 Å². The molecule has 10 heteroatoms. The average molecular weight is 524 g/mol. The van der Waals surface area contributed by atoms with Crippen molar-refractivity contribution in [2.45, 2.75) is 32.2 Å². The van der Waals surface area contributed by atoms with Gasteiger partial charge in [-0.3, -0.25) is 9.69 Å². The van der Waals surface area contributed by atoms with Crippen LogP contribution in [0, 0.1) is 18.6 Å². The predicted octanol–water partition coefficient (Wildman–Crippen LogP) is 4.93. The van der Waals surface area contributed by atoms with Crippen molar-refractivity contribution in [1.29, 1.82) is 0 Å². The van der Waals surface area contributed by atoms with Crippen LogP contribution in [-0.2, 0) is 11.2 Å². The van der Waals surface area contributed by atoms with E-state index in [4.69, 9.17) is 4.74 Å². The fourth-order valence-electron chi connectivity index (χ4n) is 4.74. The summed E-state index contributed by atoms with van der Waals surface area (Å²) in [4.78, 5) is 20.1. The summed E-state index contributed by atoms with van der Waals surface area (Å²) in [6.07, 6.45) is 3.80. The lowest BCUT2D eigenvalue weighted by Gasteiger charge is -2.35. The second-order valence-electron chi connectivity index (χ2n) is 9.07. The van der Waals surface area contributed by atoms with E-state index in [0.717, 1.165) is 24.4 Å². The van der Waals surface area contributed by atoms with Crippen LogP contribution in [0.5, 0.6) is 0 Å². The SMILES string of the molecule is COCCc1nnc(-c2ccc(C(=O)N(c3nccc4cc(F)cc(C)c34)[C@@H]3CCCNC3)c(F)c2)s1. The van der Waals surface area contributed by atoms with Gasteiger partial charge in [-0.25, -0.2) is 13.8 Å². The van der Waals surface area contributed by atoms with Crippen molar-refractivity contribution >= 4 is 33.8 Å². The molecular weight excluding hydrogens is 496 g/mol. The van der Waals surface area contributed by atoms with Gasteiger partial charge in [-0.15, -0.1) is 10.2 Å². The molecule has 1 atom stereocenters. The van der Waals surface area contributed by atoms with E-state index < -0.39 is 11.7 Å². The van der Waals surface area contributed by atoms with Gasteiger partial charge in [0.1, 0.15) is 27.5 Å². The van der Waals surface area contributed by atoms with Crippen molar-refractivity contribution in [3.63, 3.8) is 0 Å². The van der Waals surface area contributed by atoms with Gasteiger partial charge in [0.2, 0.25) is 0 Å². The van der Waals surface area contributed by atoms with E-state index in [1.165, 1.54) is 35.6 Å². The lowest BCUT2D eigenvalue weighted by molar-refractivity contribution is 0.0968. The van der Waals surface area contributed by atoms with Crippen LogP contribution in [0.3, 0.4) is 0 Å². The standard InChI is InChI=1S/C27H27F2N5O2S/c1-16-12-19(28)13-17-7-10-31-25(24(16)17)34(20-4-3-9-30-15-20)27(35)21-6-5-18(14-22(21)29)26-33-32-23(37-26)8-11-36-2/h5-7,10,12-14,20,30H,3-4,8-9,11,15H2,1-2H3/t20-/m1/s1. The third-order valence-corrected chi connectivity index (χ3v) is 7.55. The number of halogens is 2. The second-order valence-corrected chi connectivity index (χ2v) is 10.1. The molecule has 1 saturated heterocycles. The maximum absolute atomic E-state index is 15.5. The molecule has 2 aromatic heterocycles. The summed E-state index contributed by atoms with van der Waals surface area (Å²) in [7, 11) is 1.62. The Balaban J connectivity index is 1.54. The molecule has 0 spiro atoms. The summed E-state index contributed by atoms with van der Waals surface area (Å²) in [6, 6.07) is 8.84. The Morgan fingerprint density at radius 3 is 2.84 bits per heavy atom. The fraction of sp³-hybridized carbons (Fsp3) is 0.333. The minimum absolute atomic E-state index is 0.0583. The van der Waals surface area contributed by atoms with Crippen LogP contribution >= 0.6 is 11.3 Å². The van der Waals surface area contributed by atoms with Crippen molar-refractivity contribution in [2.24, 2.45) is 0 Å². The number of pyridine rings is 1. The normalized spacial score (nSPS) is 15.7. The van der Waals surface area contributed by atoms with Gasteiger partial charge in [0.15, 0.2) is 0 Å². The largest absolute Gasteiger partial charge is 0.384 e. The molecule has 4 aromatic rings. The number of benzene rings is 2. The number of piperidine rings is 1. The molecular formula is C27H27F2N5O2S. The predicted molar refractivity (Wildman–Crippen MR) is 140 cm³/mol. The first-order valence-corrected chi connectivity index (χ1v) is 13.0. The van der Waals surface area contributed by atoms with Crippen molar-refractivity contribution in [3.8, 4) is 10.6 Å². The molecule has 0 bridgehead atoms. The molecule has 1 N–H and O–H groups in total. The summed E-state index contributed by atoms with van der Waals surface area (Å²) >= 11 is 1.37. The number of anilines is 1. The smallest absolute Gasteiger partial charge is 0.262 e. The number of ether oxygens (including phenoxy) is 1. The number of hydrogen-bond acceptors (Lipinski definition) is 7. The highest BCUT2D eigenvalue weighted by atomic mass is 32.1. The number of aryl methyl sites for hydroxylation is 1. The molecule has 192 valence electrons. The fourth-order valence-corrected chi connectivity index (χ4v) is 5.56. The number of rotatable bonds is 7. The van der Waals surface area contributed by atoms with Crippen LogP contribution in [0.2, 0.25) is 0 Å². The van der Waals surface area contributed by atoms with Crippen LogP contribution in [0.25, 0.3) is 21.3 Å². The summed E-state index contributed by atoms with van der Waals surface area (Å²) in [6.45, 7) is 3.72. The van der Waals surface area contributed by atoms with E-state index in [2.05, 4.69) is 20.5 Å². The zero-order chi connectivity index (χ0) is 25.9. The van der Waals surface area contributed by atoms with Crippen LogP contribution in [0.1, 0.15) is 33.8 Å². The highest BCUT2D eigenvalue weighted by molar-refractivity contribution is 7.14. The van der Waals surface area contributed by atoms with Gasteiger partial charge < -0.3 is 10.1 Å². The van der Waals surface area contributed by atoms with Crippen molar-refractivity contribution in [1.82, 2.24) is 20.5 Å². The molecule has 3 heterocycles. The van der Waals surface area contributed by atoms with E-state index in [0.29, 0.717) is 52.3 Å². The molecule has 0 saturated carbocycles. The number of hydrogen-bond donors (Lipinski definition) is 1.